The average molecular weight is 599 g/mol. The number of nitrogens with zero attached hydrogens (tertiary/aromatic N) is 2. The number of ether oxygens (including phenoxy) is 1. The first-order chi connectivity index (χ1) is 20.0. The molecule has 2 aliphatic rings. The molecule has 0 radical (unpaired) electrons. The van der Waals surface area contributed by atoms with E-state index in [1.54, 1.807) is 19.2 Å². The first kappa shape index (κ1) is 27.8. The van der Waals surface area contributed by atoms with Crippen molar-refractivity contribution in [3.8, 4) is 5.75 Å². The average Bonchev–Trinajstić information content (AvgIpc) is 3.70. The van der Waals surface area contributed by atoms with Gasteiger partial charge in [-0.05, 0) is 72.0 Å². The van der Waals surface area contributed by atoms with Crippen LogP contribution in [0.4, 0.5) is 23.8 Å². The number of anilines is 1. The maximum atomic E-state index is 14.4. The molecule has 1 unspecified atom stereocenters. The predicted molar refractivity (Wildman–Crippen MR) is 147 cm³/mol. The molecule has 0 bridgehead atoms. The van der Waals surface area contributed by atoms with Crippen molar-refractivity contribution in [3.05, 3.63) is 95.2 Å². The minimum absolute atomic E-state index is 0.0114. The van der Waals surface area contributed by atoms with E-state index in [4.69, 9.17) is 4.84 Å². The van der Waals surface area contributed by atoms with Crippen LogP contribution in [0.15, 0.2) is 77.8 Å². The lowest BCUT2D eigenvalue weighted by Crippen LogP contribution is -2.32. The van der Waals surface area contributed by atoms with Crippen LogP contribution in [0.3, 0.4) is 0 Å². The van der Waals surface area contributed by atoms with Gasteiger partial charge in [0.2, 0.25) is 0 Å². The van der Waals surface area contributed by atoms with Gasteiger partial charge in [-0.15, -0.1) is 18.7 Å². The minimum Gasteiger partial charge on any atom is -0.406 e. The van der Waals surface area contributed by atoms with Crippen LogP contribution < -0.4 is 19.8 Å². The van der Waals surface area contributed by atoms with Crippen LogP contribution >= 0.6 is 0 Å². The van der Waals surface area contributed by atoms with Gasteiger partial charge in [0.05, 0.1) is 11.4 Å². The van der Waals surface area contributed by atoms with E-state index in [-0.39, 0.29) is 23.2 Å². The van der Waals surface area contributed by atoms with Crippen LogP contribution in [-0.4, -0.2) is 25.9 Å². The van der Waals surface area contributed by atoms with Gasteiger partial charge in [0.25, 0.3) is 10.0 Å². The first-order valence-electron chi connectivity index (χ1n) is 13.1. The molecule has 2 N–H and O–H groups in total. The van der Waals surface area contributed by atoms with E-state index in [1.807, 2.05) is 24.3 Å². The van der Waals surface area contributed by atoms with Crippen LogP contribution in [0.2, 0.25) is 0 Å². The topological polar surface area (TPSA) is 110 Å². The van der Waals surface area contributed by atoms with Crippen molar-refractivity contribution in [2.75, 3.05) is 4.31 Å². The molecule has 0 spiro atoms. The molecule has 2 heterocycles. The highest BCUT2D eigenvalue weighted by Gasteiger charge is 2.36. The molecule has 2 fully saturated rings. The zero-order valence-electron chi connectivity index (χ0n) is 22.2. The van der Waals surface area contributed by atoms with Gasteiger partial charge in [0.15, 0.2) is 0 Å². The number of sulfonamides is 1. The van der Waals surface area contributed by atoms with Crippen molar-refractivity contribution in [2.45, 2.75) is 49.7 Å². The zero-order chi connectivity index (χ0) is 29.6. The van der Waals surface area contributed by atoms with Gasteiger partial charge in [-0.2, -0.15) is 0 Å². The molecule has 1 aliphatic carbocycles. The highest BCUT2D eigenvalue weighted by molar-refractivity contribution is 7.92. The number of hydrogen-bond donors (Lipinski definition) is 2. The van der Waals surface area contributed by atoms with Crippen molar-refractivity contribution in [2.24, 2.45) is 0 Å². The molecule has 9 nitrogen and oxygen atoms in total. The molecule has 1 aliphatic heterocycles. The number of nitrogens with one attached hydrogen (secondary N) is 2. The minimum atomic E-state index is -4.85. The van der Waals surface area contributed by atoms with Gasteiger partial charge in [0, 0.05) is 17.1 Å². The standard InChI is InChI=1S/C29H25F3N4O5S/c1-17-14-22(12-13-23(17)26-34-28(37)41-35-26)42(38,39)36(16-18-6-10-21(11-7-18)40-29(30,31)32)27-25(19-8-9-19)24-5-3-2-4-20(24)15-33-27/h2-7,10-15,19,26,35H,8-9,16H2,1H3,(H,34,37). The molecule has 1 amide bonds. The summed E-state index contributed by atoms with van der Waals surface area (Å²) in [6, 6.07) is 17.2. The largest absolute Gasteiger partial charge is 0.573 e. The third kappa shape index (κ3) is 5.57. The van der Waals surface area contributed by atoms with E-state index in [9.17, 15) is 26.4 Å². The van der Waals surface area contributed by atoms with Gasteiger partial charge < -0.3 is 9.57 Å². The summed E-state index contributed by atoms with van der Waals surface area (Å²) in [5.41, 5.74) is 5.01. The lowest BCUT2D eigenvalue weighted by Gasteiger charge is -2.27. The summed E-state index contributed by atoms with van der Waals surface area (Å²) >= 11 is 0. The van der Waals surface area contributed by atoms with Crippen molar-refractivity contribution in [3.63, 3.8) is 0 Å². The highest BCUT2D eigenvalue weighted by atomic mass is 32.2. The SMILES string of the molecule is Cc1cc(S(=O)(=O)N(Cc2ccc(OC(F)(F)F)cc2)c2ncc3ccccc3c2C2CC2)ccc1C1NOC(=O)N1. The molecule has 1 aromatic heterocycles. The van der Waals surface area contributed by atoms with E-state index in [0.717, 1.165) is 41.3 Å². The molecular weight excluding hydrogens is 573 g/mol. The molecule has 3 aromatic carbocycles. The molecule has 218 valence electrons. The third-order valence-corrected chi connectivity index (χ3v) is 8.93. The fraction of sp³-hybridized carbons (Fsp3) is 0.241. The van der Waals surface area contributed by atoms with Crippen LogP contribution in [0.1, 0.15) is 47.2 Å². The molecule has 13 heteroatoms. The molecule has 1 atom stereocenters. The lowest BCUT2D eigenvalue weighted by atomic mass is 10.0. The van der Waals surface area contributed by atoms with Crippen LogP contribution in [-0.2, 0) is 21.4 Å². The number of rotatable bonds is 8. The number of hydrogen-bond acceptors (Lipinski definition) is 7. The van der Waals surface area contributed by atoms with Gasteiger partial charge in [-0.1, -0.05) is 42.5 Å². The number of carbonyl (C=O) groups excluding carboxylic acids is 1. The van der Waals surface area contributed by atoms with Crippen molar-refractivity contribution in [1.29, 1.82) is 0 Å². The summed E-state index contributed by atoms with van der Waals surface area (Å²) in [6.07, 6.45) is -2.75. The van der Waals surface area contributed by atoms with Crippen molar-refractivity contribution >= 4 is 32.7 Å². The van der Waals surface area contributed by atoms with E-state index in [1.165, 1.54) is 28.6 Å². The second-order valence-electron chi connectivity index (χ2n) is 10.2. The summed E-state index contributed by atoms with van der Waals surface area (Å²) in [7, 11) is -4.24. The van der Waals surface area contributed by atoms with E-state index >= 15 is 0 Å². The van der Waals surface area contributed by atoms with Gasteiger partial charge in [-0.25, -0.2) is 22.5 Å². The van der Waals surface area contributed by atoms with Crippen LogP contribution in [0, 0.1) is 6.92 Å². The number of benzene rings is 3. The lowest BCUT2D eigenvalue weighted by molar-refractivity contribution is -0.274. The summed E-state index contributed by atoms with van der Waals surface area (Å²) in [4.78, 5) is 20.9. The Hall–Kier alpha value is -4.36. The van der Waals surface area contributed by atoms with E-state index < -0.39 is 34.4 Å². The number of pyridine rings is 1. The third-order valence-electron chi connectivity index (χ3n) is 7.19. The van der Waals surface area contributed by atoms with E-state index in [0.29, 0.717) is 16.7 Å². The van der Waals surface area contributed by atoms with Crippen molar-refractivity contribution in [1.82, 2.24) is 15.8 Å². The second-order valence-corrected chi connectivity index (χ2v) is 12.0. The summed E-state index contributed by atoms with van der Waals surface area (Å²) < 4.78 is 72.0. The number of aryl methyl sites for hydroxylation is 1. The van der Waals surface area contributed by atoms with Crippen molar-refractivity contribution < 1.29 is 36.0 Å². The summed E-state index contributed by atoms with van der Waals surface area (Å²) in [6.45, 7) is 1.53. The Morgan fingerprint density at radius 2 is 1.81 bits per heavy atom. The normalized spacial score (nSPS) is 17.1. The maximum Gasteiger partial charge on any atom is 0.573 e. The summed E-state index contributed by atoms with van der Waals surface area (Å²) in [5, 5.41) is 4.36. The molecule has 6 rings (SSSR count). The van der Waals surface area contributed by atoms with E-state index in [2.05, 4.69) is 20.5 Å². The Balaban J connectivity index is 1.43. The van der Waals surface area contributed by atoms with Gasteiger partial charge >= 0.3 is 12.5 Å². The second kappa shape index (κ2) is 10.5. The highest BCUT2D eigenvalue weighted by Crippen LogP contribution is 2.48. The number of fused-ring (bicyclic) bond motifs is 1. The number of carbonyl (C=O) groups is 1. The van der Waals surface area contributed by atoms with Gasteiger partial charge in [0.1, 0.15) is 17.7 Å². The molecule has 1 saturated carbocycles. The maximum absolute atomic E-state index is 14.4. The monoisotopic (exact) mass is 598 g/mol. The molecule has 42 heavy (non-hydrogen) atoms. The Labute approximate surface area is 239 Å². The fourth-order valence-electron chi connectivity index (χ4n) is 5.08. The number of halogens is 3. The Morgan fingerprint density at radius 1 is 1.07 bits per heavy atom. The fourth-order valence-corrected chi connectivity index (χ4v) is 6.59. The Morgan fingerprint density at radius 3 is 2.45 bits per heavy atom. The molecule has 4 aromatic rings. The van der Waals surface area contributed by atoms with Crippen LogP contribution in [0.25, 0.3) is 10.8 Å². The molecule has 1 saturated heterocycles. The predicted octanol–water partition coefficient (Wildman–Crippen LogP) is 5.96. The number of aromatic nitrogens is 1. The number of amides is 1. The number of alkyl halides is 3. The number of hydroxylamine groups is 1. The first-order valence-corrected chi connectivity index (χ1v) is 14.5. The Kier molecular flexibility index (Phi) is 6.93. The summed E-state index contributed by atoms with van der Waals surface area (Å²) in [5.74, 6) is -0.0161. The quantitative estimate of drug-likeness (QED) is 0.258. The molecular formula is C29H25F3N4O5S. The Bertz CT molecular complexity index is 1780. The zero-order valence-corrected chi connectivity index (χ0v) is 23.0. The van der Waals surface area contributed by atoms with Crippen LogP contribution in [0.5, 0.6) is 5.75 Å². The van der Waals surface area contributed by atoms with Gasteiger partial charge in [-0.3, -0.25) is 5.32 Å². The smallest absolute Gasteiger partial charge is 0.406 e.